The van der Waals surface area contributed by atoms with Crippen molar-refractivity contribution < 1.29 is 33.3 Å². The van der Waals surface area contributed by atoms with E-state index in [1.54, 1.807) is 15.9 Å². The molecule has 1 aliphatic heterocycles. The molecule has 0 aromatic heterocycles. The molecule has 1 fully saturated rings. The highest BCUT2D eigenvalue weighted by atomic mass is 16.5. The van der Waals surface area contributed by atoms with Crippen molar-refractivity contribution in [2.24, 2.45) is 0 Å². The van der Waals surface area contributed by atoms with Crippen LogP contribution in [0.5, 0.6) is 17.2 Å². The lowest BCUT2D eigenvalue weighted by atomic mass is 10.1. The van der Waals surface area contributed by atoms with Crippen molar-refractivity contribution >= 4 is 17.8 Å². The Morgan fingerprint density at radius 2 is 1.48 bits per heavy atom. The van der Waals surface area contributed by atoms with Crippen LogP contribution in [0.1, 0.15) is 17.3 Å². The summed E-state index contributed by atoms with van der Waals surface area (Å²) in [6.45, 7) is 2.87. The monoisotopic (exact) mass is 380 g/mol. The van der Waals surface area contributed by atoms with E-state index in [-0.39, 0.29) is 28.9 Å². The maximum Gasteiger partial charge on any atom is 0.342 e. The van der Waals surface area contributed by atoms with Gasteiger partial charge in [0, 0.05) is 33.1 Å². The first-order chi connectivity index (χ1) is 12.9. The van der Waals surface area contributed by atoms with Crippen LogP contribution in [-0.4, -0.2) is 81.7 Å². The van der Waals surface area contributed by atoms with E-state index in [4.69, 9.17) is 18.9 Å². The Morgan fingerprint density at radius 3 is 2.00 bits per heavy atom. The zero-order valence-corrected chi connectivity index (χ0v) is 15.9. The van der Waals surface area contributed by atoms with Crippen molar-refractivity contribution in [2.75, 3.05) is 54.1 Å². The number of amides is 2. The summed E-state index contributed by atoms with van der Waals surface area (Å²) in [5.41, 5.74) is 0.129. The zero-order valence-electron chi connectivity index (χ0n) is 15.9. The number of rotatable bonds is 6. The van der Waals surface area contributed by atoms with Gasteiger partial charge in [0.25, 0.3) is 5.91 Å². The van der Waals surface area contributed by atoms with Crippen LogP contribution in [0.25, 0.3) is 0 Å². The fourth-order valence-electron chi connectivity index (χ4n) is 2.83. The molecule has 1 aromatic carbocycles. The molecule has 0 atom stereocenters. The summed E-state index contributed by atoms with van der Waals surface area (Å²) in [6.07, 6.45) is 0. The molecule has 9 heteroatoms. The molecule has 0 N–H and O–H groups in total. The molecule has 148 valence electrons. The first-order valence-corrected chi connectivity index (χ1v) is 8.42. The van der Waals surface area contributed by atoms with Crippen LogP contribution < -0.4 is 14.2 Å². The van der Waals surface area contributed by atoms with E-state index in [2.05, 4.69) is 0 Å². The number of carbonyl (C=O) groups is 3. The molecule has 0 spiro atoms. The standard InChI is InChI=1S/C18H24N2O7/c1-12(21)19-7-9-20(10-8-19)15(22)11-27-18(23)13-5-6-14(24-2)17(26-4)16(13)25-3/h5-6H,7-11H2,1-4H3. The Labute approximate surface area is 157 Å². The van der Waals surface area contributed by atoms with Gasteiger partial charge >= 0.3 is 5.97 Å². The SMILES string of the molecule is COc1ccc(C(=O)OCC(=O)N2CCN(C(C)=O)CC2)c(OC)c1OC. The number of hydrogen-bond donors (Lipinski definition) is 0. The van der Waals surface area contributed by atoms with Crippen molar-refractivity contribution in [3.05, 3.63) is 17.7 Å². The van der Waals surface area contributed by atoms with Crippen molar-refractivity contribution in [3.63, 3.8) is 0 Å². The van der Waals surface area contributed by atoms with Crippen molar-refractivity contribution in [2.45, 2.75) is 6.92 Å². The smallest absolute Gasteiger partial charge is 0.342 e. The summed E-state index contributed by atoms with van der Waals surface area (Å²) >= 11 is 0. The second-order valence-corrected chi connectivity index (χ2v) is 5.84. The summed E-state index contributed by atoms with van der Waals surface area (Å²) in [7, 11) is 4.30. The van der Waals surface area contributed by atoms with Gasteiger partial charge in [0.1, 0.15) is 5.56 Å². The summed E-state index contributed by atoms with van der Waals surface area (Å²) < 4.78 is 20.8. The van der Waals surface area contributed by atoms with Crippen LogP contribution >= 0.6 is 0 Å². The molecule has 1 aromatic rings. The largest absolute Gasteiger partial charge is 0.493 e. The van der Waals surface area contributed by atoms with E-state index in [9.17, 15) is 14.4 Å². The summed E-state index contributed by atoms with van der Waals surface area (Å²) in [6, 6.07) is 3.04. The molecule has 0 saturated carbocycles. The minimum Gasteiger partial charge on any atom is -0.493 e. The summed E-state index contributed by atoms with van der Waals surface area (Å²) in [5.74, 6) is -0.195. The first-order valence-electron chi connectivity index (χ1n) is 8.42. The van der Waals surface area contributed by atoms with Gasteiger partial charge in [0.05, 0.1) is 21.3 Å². The Hall–Kier alpha value is -2.97. The predicted molar refractivity (Wildman–Crippen MR) is 95.2 cm³/mol. The molecular weight excluding hydrogens is 356 g/mol. The lowest BCUT2D eigenvalue weighted by molar-refractivity contribution is -0.140. The van der Waals surface area contributed by atoms with Gasteiger partial charge in [-0.1, -0.05) is 0 Å². The van der Waals surface area contributed by atoms with Crippen LogP contribution in [-0.2, 0) is 14.3 Å². The fraction of sp³-hybridized carbons (Fsp3) is 0.500. The third kappa shape index (κ3) is 4.60. The average molecular weight is 380 g/mol. The first kappa shape index (κ1) is 20.3. The molecule has 0 unspecified atom stereocenters. The highest BCUT2D eigenvalue weighted by molar-refractivity contribution is 5.95. The molecule has 1 aliphatic rings. The van der Waals surface area contributed by atoms with Crippen molar-refractivity contribution in [3.8, 4) is 17.2 Å². The van der Waals surface area contributed by atoms with Gasteiger partial charge in [-0.25, -0.2) is 4.79 Å². The van der Waals surface area contributed by atoms with E-state index < -0.39 is 12.6 Å². The van der Waals surface area contributed by atoms with Crippen LogP contribution in [0.2, 0.25) is 0 Å². The maximum absolute atomic E-state index is 12.4. The van der Waals surface area contributed by atoms with Crippen LogP contribution in [0.3, 0.4) is 0 Å². The van der Waals surface area contributed by atoms with Gasteiger partial charge in [-0.05, 0) is 12.1 Å². The lowest BCUT2D eigenvalue weighted by Gasteiger charge is -2.34. The number of methoxy groups -OCH3 is 3. The molecular formula is C18H24N2O7. The second-order valence-electron chi connectivity index (χ2n) is 5.84. The molecule has 0 radical (unpaired) electrons. The van der Waals surface area contributed by atoms with E-state index >= 15 is 0 Å². The van der Waals surface area contributed by atoms with Gasteiger partial charge < -0.3 is 28.7 Å². The molecule has 0 bridgehead atoms. The number of benzene rings is 1. The van der Waals surface area contributed by atoms with Gasteiger partial charge in [-0.15, -0.1) is 0 Å². The number of hydrogen-bond acceptors (Lipinski definition) is 7. The molecule has 9 nitrogen and oxygen atoms in total. The third-order valence-electron chi connectivity index (χ3n) is 4.33. The quantitative estimate of drug-likeness (QED) is 0.666. The highest BCUT2D eigenvalue weighted by Crippen LogP contribution is 2.39. The third-order valence-corrected chi connectivity index (χ3v) is 4.33. The van der Waals surface area contributed by atoms with E-state index in [1.807, 2.05) is 0 Å². The maximum atomic E-state index is 12.4. The topological polar surface area (TPSA) is 94.6 Å². The number of ether oxygens (including phenoxy) is 4. The Balaban J connectivity index is 2.00. The Bertz CT molecular complexity index is 712. The molecule has 2 amide bonds. The minimum atomic E-state index is -0.705. The average Bonchev–Trinajstić information content (AvgIpc) is 2.70. The van der Waals surface area contributed by atoms with Gasteiger partial charge in [0.2, 0.25) is 11.7 Å². The Kier molecular flexibility index (Phi) is 6.86. The number of nitrogens with zero attached hydrogens (tertiary/aromatic N) is 2. The zero-order chi connectivity index (χ0) is 20.0. The molecule has 1 heterocycles. The van der Waals surface area contributed by atoms with Crippen LogP contribution in [0, 0.1) is 0 Å². The number of piperazine rings is 1. The van der Waals surface area contributed by atoms with Gasteiger partial charge in [-0.3, -0.25) is 9.59 Å². The second kappa shape index (κ2) is 9.11. The fourth-order valence-corrected chi connectivity index (χ4v) is 2.83. The minimum absolute atomic E-state index is 0.0194. The van der Waals surface area contributed by atoms with E-state index in [0.29, 0.717) is 31.9 Å². The highest BCUT2D eigenvalue weighted by Gasteiger charge is 2.25. The molecule has 0 aliphatic carbocycles. The van der Waals surface area contributed by atoms with Crippen LogP contribution in [0.4, 0.5) is 0 Å². The molecule has 1 saturated heterocycles. The summed E-state index contributed by atoms with van der Waals surface area (Å²) in [4.78, 5) is 39.2. The summed E-state index contributed by atoms with van der Waals surface area (Å²) in [5, 5.41) is 0. The van der Waals surface area contributed by atoms with E-state index in [1.165, 1.54) is 34.3 Å². The van der Waals surface area contributed by atoms with Crippen LogP contribution in [0.15, 0.2) is 12.1 Å². The van der Waals surface area contributed by atoms with Gasteiger partial charge in [0.15, 0.2) is 18.1 Å². The predicted octanol–water partition coefficient (Wildman–Crippen LogP) is 0.560. The van der Waals surface area contributed by atoms with Crippen molar-refractivity contribution in [1.82, 2.24) is 9.80 Å². The van der Waals surface area contributed by atoms with Gasteiger partial charge in [-0.2, -0.15) is 0 Å². The Morgan fingerprint density at radius 1 is 0.889 bits per heavy atom. The number of carbonyl (C=O) groups excluding carboxylic acids is 3. The molecule has 27 heavy (non-hydrogen) atoms. The van der Waals surface area contributed by atoms with Crippen molar-refractivity contribution in [1.29, 1.82) is 0 Å². The molecule has 2 rings (SSSR count). The lowest BCUT2D eigenvalue weighted by Crippen LogP contribution is -2.51. The van der Waals surface area contributed by atoms with E-state index in [0.717, 1.165) is 0 Å². The normalized spacial score (nSPS) is 13.8. The number of esters is 1.